The lowest BCUT2D eigenvalue weighted by atomic mass is 10.1. The molecule has 0 amide bonds. The van der Waals surface area contributed by atoms with Gasteiger partial charge in [0.05, 0.1) is 18.4 Å². The summed E-state index contributed by atoms with van der Waals surface area (Å²) in [7, 11) is 1.64. The second kappa shape index (κ2) is 8.53. The van der Waals surface area contributed by atoms with Crippen LogP contribution in [-0.4, -0.2) is 26.2 Å². The second-order valence-corrected chi connectivity index (χ2v) is 5.59. The average molecular weight is 287 g/mol. The Morgan fingerprint density at radius 3 is 2.62 bits per heavy atom. The predicted molar refractivity (Wildman–Crippen MR) is 85.7 cm³/mol. The van der Waals surface area contributed by atoms with Gasteiger partial charge in [0.25, 0.3) is 0 Å². The molecule has 2 rings (SSSR count). The van der Waals surface area contributed by atoms with Crippen molar-refractivity contribution in [2.45, 2.75) is 44.6 Å². The third-order valence-corrected chi connectivity index (χ3v) is 4.08. The van der Waals surface area contributed by atoms with Gasteiger partial charge in [-0.1, -0.05) is 25.7 Å². The molecule has 114 valence electrons. The molecule has 1 aliphatic carbocycles. The molecule has 21 heavy (non-hydrogen) atoms. The fourth-order valence-electron chi connectivity index (χ4n) is 2.85. The zero-order valence-corrected chi connectivity index (χ0v) is 12.8. The van der Waals surface area contributed by atoms with E-state index in [4.69, 9.17) is 10.00 Å². The molecule has 2 N–H and O–H groups in total. The lowest BCUT2D eigenvalue weighted by molar-refractivity contribution is 0.415. The van der Waals surface area contributed by atoms with Crippen molar-refractivity contribution in [3.05, 3.63) is 23.8 Å². The van der Waals surface area contributed by atoms with Crippen LogP contribution in [0.15, 0.2) is 18.2 Å². The van der Waals surface area contributed by atoms with E-state index in [1.807, 2.05) is 12.1 Å². The van der Waals surface area contributed by atoms with Gasteiger partial charge in [0.2, 0.25) is 0 Å². The SMILES string of the molecule is COc1ccc(C#N)c(NCCNC2CCCCCC2)c1. The number of anilines is 1. The molecule has 1 saturated carbocycles. The summed E-state index contributed by atoms with van der Waals surface area (Å²) in [5, 5.41) is 16.1. The van der Waals surface area contributed by atoms with Gasteiger partial charge < -0.3 is 15.4 Å². The molecule has 0 bridgehead atoms. The summed E-state index contributed by atoms with van der Waals surface area (Å²) in [6.07, 6.45) is 8.04. The van der Waals surface area contributed by atoms with Crippen LogP contribution in [0.4, 0.5) is 5.69 Å². The van der Waals surface area contributed by atoms with E-state index in [9.17, 15) is 0 Å². The van der Waals surface area contributed by atoms with Crippen molar-refractivity contribution in [3.8, 4) is 11.8 Å². The third-order valence-electron chi connectivity index (χ3n) is 4.08. The Morgan fingerprint density at radius 1 is 1.19 bits per heavy atom. The Kier molecular flexibility index (Phi) is 6.36. The van der Waals surface area contributed by atoms with Crippen molar-refractivity contribution in [1.82, 2.24) is 5.32 Å². The van der Waals surface area contributed by atoms with Crippen LogP contribution in [0.3, 0.4) is 0 Å². The smallest absolute Gasteiger partial charge is 0.121 e. The molecular weight excluding hydrogens is 262 g/mol. The van der Waals surface area contributed by atoms with Crippen LogP contribution in [-0.2, 0) is 0 Å². The van der Waals surface area contributed by atoms with Crippen molar-refractivity contribution in [2.75, 3.05) is 25.5 Å². The molecule has 0 aliphatic heterocycles. The van der Waals surface area contributed by atoms with Crippen LogP contribution in [0.1, 0.15) is 44.1 Å². The molecule has 0 spiro atoms. The Hall–Kier alpha value is -1.73. The molecule has 1 aromatic rings. The van der Waals surface area contributed by atoms with Gasteiger partial charge >= 0.3 is 0 Å². The summed E-state index contributed by atoms with van der Waals surface area (Å²) in [6.45, 7) is 1.74. The van der Waals surface area contributed by atoms with Gasteiger partial charge in [-0.15, -0.1) is 0 Å². The van der Waals surface area contributed by atoms with Gasteiger partial charge in [-0.05, 0) is 25.0 Å². The first-order valence-corrected chi connectivity index (χ1v) is 7.89. The molecule has 1 fully saturated rings. The number of methoxy groups -OCH3 is 1. The van der Waals surface area contributed by atoms with Gasteiger partial charge in [-0.3, -0.25) is 0 Å². The summed E-state index contributed by atoms with van der Waals surface area (Å²) in [5.41, 5.74) is 1.50. The van der Waals surface area contributed by atoms with Crippen LogP contribution in [0.2, 0.25) is 0 Å². The monoisotopic (exact) mass is 287 g/mol. The van der Waals surface area contributed by atoms with E-state index in [0.717, 1.165) is 24.5 Å². The molecule has 0 aromatic heterocycles. The van der Waals surface area contributed by atoms with Gasteiger partial charge in [0.15, 0.2) is 0 Å². The molecule has 0 radical (unpaired) electrons. The van der Waals surface area contributed by atoms with E-state index >= 15 is 0 Å². The number of nitrogens with zero attached hydrogens (tertiary/aromatic N) is 1. The number of benzene rings is 1. The van der Waals surface area contributed by atoms with E-state index < -0.39 is 0 Å². The van der Waals surface area contributed by atoms with Gasteiger partial charge in [-0.25, -0.2) is 0 Å². The normalized spacial score (nSPS) is 16.0. The Balaban J connectivity index is 1.78. The third kappa shape index (κ3) is 4.95. The second-order valence-electron chi connectivity index (χ2n) is 5.59. The minimum atomic E-state index is 0.658. The number of nitriles is 1. The number of hydrogen-bond donors (Lipinski definition) is 2. The number of rotatable bonds is 6. The highest BCUT2D eigenvalue weighted by Gasteiger charge is 2.11. The zero-order chi connectivity index (χ0) is 14.9. The highest BCUT2D eigenvalue weighted by molar-refractivity contribution is 5.60. The topological polar surface area (TPSA) is 57.1 Å². The van der Waals surface area contributed by atoms with Crippen LogP contribution >= 0.6 is 0 Å². The van der Waals surface area contributed by atoms with Crippen LogP contribution in [0.5, 0.6) is 5.75 Å². The van der Waals surface area contributed by atoms with E-state index in [1.165, 1.54) is 38.5 Å². The molecule has 0 atom stereocenters. The highest BCUT2D eigenvalue weighted by atomic mass is 16.5. The van der Waals surface area contributed by atoms with Crippen molar-refractivity contribution in [3.63, 3.8) is 0 Å². The lowest BCUT2D eigenvalue weighted by Gasteiger charge is -2.17. The summed E-state index contributed by atoms with van der Waals surface area (Å²) >= 11 is 0. The van der Waals surface area contributed by atoms with Crippen LogP contribution in [0, 0.1) is 11.3 Å². The van der Waals surface area contributed by atoms with Gasteiger partial charge in [0, 0.05) is 25.2 Å². The number of nitrogens with one attached hydrogen (secondary N) is 2. The van der Waals surface area contributed by atoms with Crippen LogP contribution in [0.25, 0.3) is 0 Å². The maximum Gasteiger partial charge on any atom is 0.121 e. The fraction of sp³-hybridized carbons (Fsp3) is 0.588. The quantitative estimate of drug-likeness (QED) is 0.622. The summed E-state index contributed by atoms with van der Waals surface area (Å²) < 4.78 is 5.20. The molecule has 1 aromatic carbocycles. The largest absolute Gasteiger partial charge is 0.497 e. The fourth-order valence-corrected chi connectivity index (χ4v) is 2.85. The highest BCUT2D eigenvalue weighted by Crippen LogP contribution is 2.21. The van der Waals surface area contributed by atoms with Crippen molar-refractivity contribution >= 4 is 5.69 Å². The molecule has 1 aliphatic rings. The van der Waals surface area contributed by atoms with Crippen molar-refractivity contribution in [2.24, 2.45) is 0 Å². The first-order chi connectivity index (χ1) is 10.3. The predicted octanol–water partition coefficient (Wildman–Crippen LogP) is 3.29. The minimum Gasteiger partial charge on any atom is -0.497 e. The summed E-state index contributed by atoms with van der Waals surface area (Å²) in [5.74, 6) is 0.772. The maximum atomic E-state index is 9.13. The maximum absolute atomic E-state index is 9.13. The Labute approximate surface area is 127 Å². The van der Waals surface area contributed by atoms with Crippen molar-refractivity contribution < 1.29 is 4.74 Å². The van der Waals surface area contributed by atoms with Crippen LogP contribution < -0.4 is 15.4 Å². The Bertz CT molecular complexity index is 473. The molecule has 0 saturated heterocycles. The van der Waals surface area contributed by atoms with E-state index in [2.05, 4.69) is 16.7 Å². The standard InChI is InChI=1S/C17H25N3O/c1-21-16-9-8-14(13-18)17(12-16)20-11-10-19-15-6-4-2-3-5-7-15/h8-9,12,15,19-20H,2-7,10-11H2,1H3. The van der Waals surface area contributed by atoms with Gasteiger partial charge in [0.1, 0.15) is 11.8 Å². The first kappa shape index (κ1) is 15.7. The molecule has 4 nitrogen and oxygen atoms in total. The minimum absolute atomic E-state index is 0.658. The molecule has 4 heteroatoms. The molecule has 0 heterocycles. The van der Waals surface area contributed by atoms with E-state index in [0.29, 0.717) is 11.6 Å². The van der Waals surface area contributed by atoms with Crippen molar-refractivity contribution in [1.29, 1.82) is 5.26 Å². The average Bonchev–Trinajstić information content (AvgIpc) is 2.80. The summed E-state index contributed by atoms with van der Waals surface area (Å²) in [4.78, 5) is 0. The van der Waals surface area contributed by atoms with E-state index in [1.54, 1.807) is 13.2 Å². The van der Waals surface area contributed by atoms with E-state index in [-0.39, 0.29) is 0 Å². The first-order valence-electron chi connectivity index (χ1n) is 7.89. The molecule has 0 unspecified atom stereocenters. The number of ether oxygens (including phenoxy) is 1. The Morgan fingerprint density at radius 2 is 1.95 bits per heavy atom. The summed E-state index contributed by atoms with van der Waals surface area (Å²) in [6, 6.07) is 8.35. The zero-order valence-electron chi connectivity index (χ0n) is 12.8. The lowest BCUT2D eigenvalue weighted by Crippen LogP contribution is -2.32. The molecular formula is C17H25N3O. The number of hydrogen-bond acceptors (Lipinski definition) is 4. The van der Waals surface area contributed by atoms with Gasteiger partial charge in [-0.2, -0.15) is 5.26 Å².